The van der Waals surface area contributed by atoms with E-state index < -0.39 is 26.1 Å². The Balaban J connectivity index is 2.00. The van der Waals surface area contributed by atoms with Crippen LogP contribution in [0.5, 0.6) is 0 Å². The SMILES string of the molecule is Cc1ccc(-c2cc(C(C)C)c(CC(=O)N=S(N)(=O)C3SC(C(C)(C)O)=CN3C)c(C(C)C)c2)cc1C. The average Bonchev–Trinajstić information content (AvgIpc) is 3.18. The highest BCUT2D eigenvalue weighted by molar-refractivity contribution is 8.15. The molecule has 202 valence electrons. The largest absolute Gasteiger partial charge is 0.385 e. The van der Waals surface area contributed by atoms with Crippen molar-refractivity contribution in [3.8, 4) is 11.1 Å². The summed E-state index contributed by atoms with van der Waals surface area (Å²) in [5.74, 6) is -0.130. The highest BCUT2D eigenvalue weighted by atomic mass is 32.3. The van der Waals surface area contributed by atoms with Gasteiger partial charge in [-0.05, 0) is 78.5 Å². The second kappa shape index (κ2) is 10.9. The van der Waals surface area contributed by atoms with Crippen molar-refractivity contribution in [1.29, 1.82) is 0 Å². The van der Waals surface area contributed by atoms with E-state index in [0.29, 0.717) is 4.91 Å². The lowest BCUT2D eigenvalue weighted by atomic mass is 9.83. The molecule has 3 N–H and O–H groups in total. The molecule has 0 saturated heterocycles. The Morgan fingerprint density at radius 2 is 1.65 bits per heavy atom. The van der Waals surface area contributed by atoms with Gasteiger partial charge in [-0.25, -0.2) is 9.35 Å². The van der Waals surface area contributed by atoms with Crippen LogP contribution in [0.1, 0.15) is 81.2 Å². The molecule has 2 aromatic carbocycles. The van der Waals surface area contributed by atoms with Crippen molar-refractivity contribution in [3.05, 3.63) is 69.3 Å². The molecule has 0 aromatic heterocycles. The van der Waals surface area contributed by atoms with Gasteiger partial charge in [0.25, 0.3) is 5.91 Å². The first-order valence-corrected chi connectivity index (χ1v) is 15.2. The number of nitrogens with two attached hydrogens (primary N) is 1. The number of hydrogen-bond donors (Lipinski definition) is 2. The molecule has 1 aliphatic rings. The molecule has 1 aliphatic heterocycles. The predicted octanol–water partition coefficient (Wildman–Crippen LogP) is 6.20. The fourth-order valence-electron chi connectivity index (χ4n) is 4.50. The first-order valence-electron chi connectivity index (χ1n) is 12.7. The molecule has 6 nitrogen and oxygen atoms in total. The Labute approximate surface area is 227 Å². The molecule has 2 aromatic rings. The average molecular weight is 544 g/mol. The van der Waals surface area contributed by atoms with Crippen molar-refractivity contribution in [2.45, 2.75) is 84.0 Å². The molecule has 1 heterocycles. The van der Waals surface area contributed by atoms with Crippen LogP contribution in [-0.2, 0) is 21.1 Å². The van der Waals surface area contributed by atoms with Gasteiger partial charge in [0, 0.05) is 18.2 Å². The highest BCUT2D eigenvalue weighted by Crippen LogP contribution is 2.40. The van der Waals surface area contributed by atoms with Crippen LogP contribution >= 0.6 is 11.8 Å². The topological polar surface area (TPSA) is 96.0 Å². The number of thioether (sulfide) groups is 1. The van der Waals surface area contributed by atoms with Gasteiger partial charge in [0.05, 0.1) is 12.0 Å². The Bertz CT molecular complexity index is 1320. The van der Waals surface area contributed by atoms with Gasteiger partial charge in [-0.1, -0.05) is 69.8 Å². The standard InChI is InChI=1S/C29H41N3O3S2/c1-17(2)23-13-22(21-11-10-19(5)20(6)12-21)14-24(18(3)4)25(23)15-27(33)31-37(30,35)28-32(9)16-26(36-28)29(7,8)34/h10-14,16-18,28,34H,15H2,1-9H3,(H2,30,31,33,35). The van der Waals surface area contributed by atoms with E-state index in [1.807, 2.05) is 0 Å². The maximum absolute atomic E-state index is 13.4. The summed E-state index contributed by atoms with van der Waals surface area (Å²) in [7, 11) is -1.67. The summed E-state index contributed by atoms with van der Waals surface area (Å²) >= 11 is 1.19. The monoisotopic (exact) mass is 543 g/mol. The fourth-order valence-corrected chi connectivity index (χ4v) is 7.47. The lowest BCUT2D eigenvalue weighted by molar-refractivity contribution is -0.117. The van der Waals surface area contributed by atoms with E-state index in [1.165, 1.54) is 22.9 Å². The van der Waals surface area contributed by atoms with Gasteiger partial charge >= 0.3 is 0 Å². The number of nitrogens with zero attached hydrogens (tertiary/aromatic N) is 2. The Morgan fingerprint density at radius 3 is 2.11 bits per heavy atom. The summed E-state index contributed by atoms with van der Waals surface area (Å²) in [5, 5.41) is 16.5. The quantitative estimate of drug-likeness (QED) is 0.433. The molecule has 1 amide bonds. The second-order valence-electron chi connectivity index (χ2n) is 11.2. The van der Waals surface area contributed by atoms with E-state index in [0.717, 1.165) is 27.8 Å². The van der Waals surface area contributed by atoms with Crippen LogP contribution in [0, 0.1) is 13.8 Å². The van der Waals surface area contributed by atoms with Gasteiger partial charge in [0.1, 0.15) is 9.92 Å². The third-order valence-electron chi connectivity index (χ3n) is 6.75. The summed E-state index contributed by atoms with van der Waals surface area (Å²) in [6, 6.07) is 10.8. The highest BCUT2D eigenvalue weighted by Gasteiger charge is 2.36. The van der Waals surface area contributed by atoms with Crippen LogP contribution in [0.15, 0.2) is 45.8 Å². The van der Waals surface area contributed by atoms with Crippen molar-refractivity contribution in [2.75, 3.05) is 7.05 Å². The Hall–Kier alpha value is -2.13. The van der Waals surface area contributed by atoms with Crippen LogP contribution in [0.2, 0.25) is 0 Å². The number of benzene rings is 2. The maximum atomic E-state index is 13.4. The summed E-state index contributed by atoms with van der Waals surface area (Å²) in [5.41, 5.74) is 6.78. The minimum atomic E-state index is -3.40. The van der Waals surface area contributed by atoms with Gasteiger partial charge in [0.2, 0.25) is 0 Å². The summed E-state index contributed by atoms with van der Waals surface area (Å²) in [6.45, 7) is 16.0. The molecule has 2 atom stereocenters. The number of aliphatic hydroxyl groups is 1. The molecule has 2 unspecified atom stereocenters. The molecule has 0 saturated carbocycles. The molecule has 0 radical (unpaired) electrons. The van der Waals surface area contributed by atoms with Crippen LogP contribution in [-0.4, -0.2) is 37.5 Å². The third kappa shape index (κ3) is 6.66. The molecule has 3 rings (SSSR count). The van der Waals surface area contributed by atoms with E-state index in [9.17, 15) is 14.1 Å². The van der Waals surface area contributed by atoms with E-state index in [1.54, 1.807) is 32.0 Å². The first-order chi connectivity index (χ1) is 17.0. The van der Waals surface area contributed by atoms with Gasteiger partial charge < -0.3 is 10.0 Å². The first kappa shape index (κ1) is 29.4. The predicted molar refractivity (Wildman–Crippen MR) is 157 cm³/mol. The zero-order valence-electron chi connectivity index (χ0n) is 23.5. The normalized spacial score (nSPS) is 17.8. The molecular weight excluding hydrogens is 502 g/mol. The number of aryl methyl sites for hydroxylation is 2. The number of carbonyl (C=O) groups excluding carboxylic acids is 1. The van der Waals surface area contributed by atoms with Crippen LogP contribution in [0.4, 0.5) is 0 Å². The Kier molecular flexibility index (Phi) is 8.69. The van der Waals surface area contributed by atoms with Gasteiger partial charge in [-0.15, -0.1) is 4.36 Å². The van der Waals surface area contributed by atoms with Crippen molar-refractivity contribution < 1.29 is 14.1 Å². The van der Waals surface area contributed by atoms with Crippen LogP contribution in [0.3, 0.4) is 0 Å². The fraction of sp³-hybridized carbons (Fsp3) is 0.483. The van der Waals surface area contributed by atoms with Crippen molar-refractivity contribution >= 4 is 27.6 Å². The second-order valence-corrected chi connectivity index (χ2v) is 14.4. The lowest BCUT2D eigenvalue weighted by Crippen LogP contribution is -2.35. The van der Waals surface area contributed by atoms with Crippen LogP contribution in [0.25, 0.3) is 11.1 Å². The molecule has 37 heavy (non-hydrogen) atoms. The molecule has 0 aliphatic carbocycles. The number of carbonyl (C=O) groups is 1. The lowest BCUT2D eigenvalue weighted by Gasteiger charge is -2.23. The van der Waals surface area contributed by atoms with Gasteiger partial charge in [-0.3, -0.25) is 4.79 Å². The van der Waals surface area contributed by atoms with Crippen molar-refractivity contribution in [2.24, 2.45) is 9.50 Å². The summed E-state index contributed by atoms with van der Waals surface area (Å²) in [4.78, 5) is 15.5. The maximum Gasteiger partial charge on any atom is 0.259 e. The minimum Gasteiger partial charge on any atom is -0.385 e. The Morgan fingerprint density at radius 1 is 1.08 bits per heavy atom. The van der Waals surface area contributed by atoms with Crippen LogP contribution < -0.4 is 5.14 Å². The summed E-state index contributed by atoms with van der Waals surface area (Å²) < 4.78 is 16.7. The van der Waals surface area contributed by atoms with E-state index in [-0.39, 0.29) is 18.3 Å². The summed E-state index contributed by atoms with van der Waals surface area (Å²) in [6.07, 6.45) is 1.75. The minimum absolute atomic E-state index is 0.0370. The third-order valence-corrected chi connectivity index (χ3v) is 10.7. The van der Waals surface area contributed by atoms with Gasteiger partial charge in [0.15, 0.2) is 4.71 Å². The number of rotatable bonds is 7. The number of hydrogen-bond acceptors (Lipinski definition) is 5. The molecule has 8 heteroatoms. The van der Waals surface area contributed by atoms with Crippen molar-refractivity contribution in [1.82, 2.24) is 4.90 Å². The molecule has 0 spiro atoms. The van der Waals surface area contributed by atoms with Crippen molar-refractivity contribution in [3.63, 3.8) is 0 Å². The van der Waals surface area contributed by atoms with E-state index in [2.05, 4.69) is 76.2 Å². The van der Waals surface area contributed by atoms with Gasteiger partial charge in [-0.2, -0.15) is 0 Å². The zero-order chi connectivity index (χ0) is 27.9. The molecule has 0 bridgehead atoms. The zero-order valence-corrected chi connectivity index (χ0v) is 25.1. The van der Waals surface area contributed by atoms with E-state index >= 15 is 0 Å². The van der Waals surface area contributed by atoms with E-state index in [4.69, 9.17) is 5.14 Å². The smallest absolute Gasteiger partial charge is 0.259 e. The molecule has 0 fully saturated rings. The number of amides is 1. The molecular formula is C29H41N3O3S2.